The molecule has 0 aromatic heterocycles. The molecule has 2 aromatic rings. The van der Waals surface area contributed by atoms with Crippen LogP contribution in [-0.4, -0.2) is 44.8 Å². The van der Waals surface area contributed by atoms with E-state index in [0.29, 0.717) is 12.1 Å². The first-order valence-electron chi connectivity index (χ1n) is 7.72. The monoisotopic (exact) mass is 284 g/mol. The second-order valence-corrected chi connectivity index (χ2v) is 5.87. The Bertz CT molecular complexity index is 587. The normalized spacial score (nSPS) is 20.2. The minimum absolute atomic E-state index is 0.335. The van der Waals surface area contributed by atoms with Gasteiger partial charge in [-0.3, -0.25) is 4.90 Å². The SMILES string of the molecule is CNC(CN(C)C1CCOC1)c1cccc2ccccc12. The van der Waals surface area contributed by atoms with Gasteiger partial charge in [-0.15, -0.1) is 0 Å². The Morgan fingerprint density at radius 1 is 1.24 bits per heavy atom. The molecule has 3 nitrogen and oxygen atoms in total. The van der Waals surface area contributed by atoms with E-state index in [9.17, 15) is 0 Å². The maximum absolute atomic E-state index is 5.51. The Labute approximate surface area is 126 Å². The third kappa shape index (κ3) is 3.10. The van der Waals surface area contributed by atoms with Crippen LogP contribution < -0.4 is 5.32 Å². The molecule has 1 N–H and O–H groups in total. The quantitative estimate of drug-likeness (QED) is 0.914. The molecule has 1 fully saturated rings. The number of nitrogens with zero attached hydrogens (tertiary/aromatic N) is 1. The third-order valence-corrected chi connectivity index (χ3v) is 4.55. The van der Waals surface area contributed by atoms with Crippen molar-refractivity contribution in [1.29, 1.82) is 0 Å². The molecular weight excluding hydrogens is 260 g/mol. The van der Waals surface area contributed by atoms with E-state index in [0.717, 1.165) is 26.2 Å². The summed E-state index contributed by atoms with van der Waals surface area (Å²) in [5, 5.41) is 6.13. The Morgan fingerprint density at radius 3 is 2.81 bits per heavy atom. The van der Waals surface area contributed by atoms with Gasteiger partial charge in [0.05, 0.1) is 6.61 Å². The lowest BCUT2D eigenvalue weighted by Gasteiger charge is -2.28. The van der Waals surface area contributed by atoms with Gasteiger partial charge in [-0.05, 0) is 36.9 Å². The van der Waals surface area contributed by atoms with Crippen LogP contribution in [0.25, 0.3) is 10.8 Å². The molecule has 1 aliphatic heterocycles. The van der Waals surface area contributed by atoms with Gasteiger partial charge >= 0.3 is 0 Å². The molecule has 1 aliphatic rings. The van der Waals surface area contributed by atoms with Crippen LogP contribution in [-0.2, 0) is 4.74 Å². The van der Waals surface area contributed by atoms with E-state index in [2.05, 4.69) is 59.7 Å². The van der Waals surface area contributed by atoms with E-state index in [1.54, 1.807) is 0 Å². The molecule has 0 spiro atoms. The first-order valence-corrected chi connectivity index (χ1v) is 7.72. The minimum Gasteiger partial charge on any atom is -0.380 e. The Kier molecular flexibility index (Phi) is 4.54. The van der Waals surface area contributed by atoms with E-state index in [-0.39, 0.29) is 0 Å². The molecule has 1 heterocycles. The van der Waals surface area contributed by atoms with Crippen LogP contribution in [0.2, 0.25) is 0 Å². The predicted octanol–water partition coefficient (Wildman–Crippen LogP) is 2.82. The molecule has 2 unspecified atom stereocenters. The van der Waals surface area contributed by atoms with Gasteiger partial charge in [-0.25, -0.2) is 0 Å². The molecule has 3 heteroatoms. The summed E-state index contributed by atoms with van der Waals surface area (Å²) in [5.41, 5.74) is 1.38. The van der Waals surface area contributed by atoms with Crippen LogP contribution in [0, 0.1) is 0 Å². The minimum atomic E-state index is 0.335. The lowest BCUT2D eigenvalue weighted by Crippen LogP contribution is -2.38. The van der Waals surface area contributed by atoms with E-state index < -0.39 is 0 Å². The number of benzene rings is 2. The van der Waals surface area contributed by atoms with Crippen LogP contribution in [0.1, 0.15) is 18.0 Å². The van der Waals surface area contributed by atoms with Gasteiger partial charge in [-0.1, -0.05) is 42.5 Å². The highest BCUT2D eigenvalue weighted by Gasteiger charge is 2.23. The number of rotatable bonds is 5. The first kappa shape index (κ1) is 14.5. The Hall–Kier alpha value is -1.42. The maximum atomic E-state index is 5.51. The molecule has 112 valence electrons. The van der Waals surface area contributed by atoms with Gasteiger partial charge in [-0.2, -0.15) is 0 Å². The second-order valence-electron chi connectivity index (χ2n) is 5.87. The number of fused-ring (bicyclic) bond motifs is 1. The van der Waals surface area contributed by atoms with Crippen LogP contribution in [0.3, 0.4) is 0 Å². The van der Waals surface area contributed by atoms with E-state index >= 15 is 0 Å². The molecule has 0 bridgehead atoms. The van der Waals surface area contributed by atoms with E-state index in [1.807, 2.05) is 7.05 Å². The summed E-state index contributed by atoms with van der Waals surface area (Å²) < 4.78 is 5.51. The van der Waals surface area contributed by atoms with Crippen molar-refractivity contribution in [1.82, 2.24) is 10.2 Å². The number of hydrogen-bond acceptors (Lipinski definition) is 3. The molecule has 2 atom stereocenters. The van der Waals surface area contributed by atoms with Crippen molar-refractivity contribution in [3.05, 3.63) is 48.0 Å². The number of nitrogens with one attached hydrogen (secondary N) is 1. The second kappa shape index (κ2) is 6.56. The topological polar surface area (TPSA) is 24.5 Å². The summed E-state index contributed by atoms with van der Waals surface area (Å²) in [5.74, 6) is 0. The standard InChI is InChI=1S/C18H24N2O/c1-19-18(12-20(2)15-10-11-21-13-15)17-9-5-7-14-6-3-4-8-16(14)17/h3-9,15,18-19H,10-13H2,1-2H3. The van der Waals surface area contributed by atoms with Crippen LogP contribution in [0.5, 0.6) is 0 Å². The van der Waals surface area contributed by atoms with Crippen molar-refractivity contribution in [2.75, 3.05) is 33.9 Å². The van der Waals surface area contributed by atoms with Crippen LogP contribution >= 0.6 is 0 Å². The van der Waals surface area contributed by atoms with Gasteiger partial charge in [0.2, 0.25) is 0 Å². The summed E-state index contributed by atoms with van der Waals surface area (Å²) in [6.45, 7) is 2.76. The summed E-state index contributed by atoms with van der Waals surface area (Å²) >= 11 is 0. The molecule has 0 saturated carbocycles. The molecule has 0 aliphatic carbocycles. The van der Waals surface area contributed by atoms with Gasteiger partial charge in [0.25, 0.3) is 0 Å². The Morgan fingerprint density at radius 2 is 2.05 bits per heavy atom. The zero-order valence-electron chi connectivity index (χ0n) is 12.9. The van der Waals surface area contributed by atoms with Crippen LogP contribution in [0.4, 0.5) is 0 Å². The highest BCUT2D eigenvalue weighted by molar-refractivity contribution is 5.86. The van der Waals surface area contributed by atoms with Gasteiger partial charge in [0, 0.05) is 25.2 Å². The van der Waals surface area contributed by atoms with Crippen molar-refractivity contribution in [3.8, 4) is 0 Å². The fourth-order valence-corrected chi connectivity index (χ4v) is 3.21. The summed E-state index contributed by atoms with van der Waals surface area (Å²) in [7, 11) is 4.25. The molecule has 0 amide bonds. The molecule has 3 rings (SSSR count). The lowest BCUT2D eigenvalue weighted by atomic mass is 9.98. The summed E-state index contributed by atoms with van der Waals surface area (Å²) in [6.07, 6.45) is 1.14. The fourth-order valence-electron chi connectivity index (χ4n) is 3.21. The average molecular weight is 284 g/mol. The Balaban J connectivity index is 1.84. The van der Waals surface area contributed by atoms with E-state index in [1.165, 1.54) is 16.3 Å². The van der Waals surface area contributed by atoms with Gasteiger partial charge in [0.1, 0.15) is 0 Å². The zero-order chi connectivity index (χ0) is 14.7. The van der Waals surface area contributed by atoms with Gasteiger partial charge < -0.3 is 10.1 Å². The molecule has 21 heavy (non-hydrogen) atoms. The zero-order valence-corrected chi connectivity index (χ0v) is 12.9. The highest BCUT2D eigenvalue weighted by Crippen LogP contribution is 2.25. The third-order valence-electron chi connectivity index (χ3n) is 4.55. The van der Waals surface area contributed by atoms with Gasteiger partial charge in [0.15, 0.2) is 0 Å². The van der Waals surface area contributed by atoms with Crippen LogP contribution in [0.15, 0.2) is 42.5 Å². The van der Waals surface area contributed by atoms with Crippen molar-refractivity contribution >= 4 is 10.8 Å². The lowest BCUT2D eigenvalue weighted by molar-refractivity contribution is 0.153. The fraction of sp³-hybridized carbons (Fsp3) is 0.444. The average Bonchev–Trinajstić information content (AvgIpc) is 3.06. The molecule has 1 saturated heterocycles. The smallest absolute Gasteiger partial charge is 0.0622 e. The van der Waals surface area contributed by atoms with Crippen molar-refractivity contribution < 1.29 is 4.74 Å². The summed E-state index contributed by atoms with van der Waals surface area (Å²) in [4.78, 5) is 2.43. The molecule has 0 radical (unpaired) electrons. The predicted molar refractivity (Wildman–Crippen MR) is 87.6 cm³/mol. The molecule has 2 aromatic carbocycles. The van der Waals surface area contributed by atoms with Crippen molar-refractivity contribution in [2.45, 2.75) is 18.5 Å². The number of ether oxygens (including phenoxy) is 1. The van der Waals surface area contributed by atoms with E-state index in [4.69, 9.17) is 4.74 Å². The van der Waals surface area contributed by atoms with Crippen molar-refractivity contribution in [3.63, 3.8) is 0 Å². The first-order chi connectivity index (χ1) is 10.3. The number of likely N-dealkylation sites (N-methyl/N-ethyl adjacent to an activating group) is 2. The van der Waals surface area contributed by atoms with Crippen molar-refractivity contribution in [2.24, 2.45) is 0 Å². The number of hydrogen-bond donors (Lipinski definition) is 1. The largest absolute Gasteiger partial charge is 0.380 e. The highest BCUT2D eigenvalue weighted by atomic mass is 16.5. The summed E-state index contributed by atoms with van der Waals surface area (Å²) in [6, 6.07) is 16.1. The maximum Gasteiger partial charge on any atom is 0.0622 e. The molecular formula is C18H24N2O.